The van der Waals surface area contributed by atoms with E-state index < -0.39 is 23.3 Å². The Labute approximate surface area is 139 Å². The van der Waals surface area contributed by atoms with Gasteiger partial charge in [-0.1, -0.05) is 30.3 Å². The Hall–Kier alpha value is -2.47. The molecule has 2 aromatic rings. The van der Waals surface area contributed by atoms with Crippen molar-refractivity contribution in [3.05, 3.63) is 71.3 Å². The second-order valence-electron chi connectivity index (χ2n) is 5.74. The van der Waals surface area contributed by atoms with Gasteiger partial charge in [-0.2, -0.15) is 0 Å². The van der Waals surface area contributed by atoms with Gasteiger partial charge in [-0.05, 0) is 42.7 Å². The number of carbonyl (C=O) groups is 1. The van der Waals surface area contributed by atoms with Crippen molar-refractivity contribution in [3.63, 3.8) is 0 Å². The van der Waals surface area contributed by atoms with Gasteiger partial charge in [-0.15, -0.1) is 0 Å². The van der Waals surface area contributed by atoms with Gasteiger partial charge in [0.15, 0.2) is 0 Å². The molecule has 2 amide bonds. The summed E-state index contributed by atoms with van der Waals surface area (Å²) >= 11 is 0. The molecule has 0 aliphatic rings. The average molecular weight is 334 g/mol. The van der Waals surface area contributed by atoms with Crippen LogP contribution in [0.2, 0.25) is 0 Å². The van der Waals surface area contributed by atoms with E-state index in [1.165, 1.54) is 0 Å². The third-order valence-corrected chi connectivity index (χ3v) is 3.68. The number of benzene rings is 2. The van der Waals surface area contributed by atoms with E-state index in [2.05, 4.69) is 10.6 Å². The number of rotatable bonds is 6. The molecule has 128 valence electrons. The van der Waals surface area contributed by atoms with Crippen molar-refractivity contribution in [2.24, 2.45) is 0 Å². The van der Waals surface area contributed by atoms with Gasteiger partial charge in [-0.25, -0.2) is 13.6 Å². The highest BCUT2D eigenvalue weighted by molar-refractivity contribution is 5.73. The van der Waals surface area contributed by atoms with E-state index in [0.29, 0.717) is 5.56 Å². The maximum Gasteiger partial charge on any atom is 0.314 e. The minimum atomic E-state index is -1.20. The molecule has 0 radical (unpaired) electrons. The molecule has 1 unspecified atom stereocenters. The zero-order valence-electron chi connectivity index (χ0n) is 13.4. The van der Waals surface area contributed by atoms with E-state index in [1.54, 1.807) is 31.2 Å². The molecule has 0 heterocycles. The van der Waals surface area contributed by atoms with Gasteiger partial charge >= 0.3 is 6.03 Å². The lowest BCUT2D eigenvalue weighted by Gasteiger charge is -2.24. The van der Waals surface area contributed by atoms with Crippen LogP contribution in [0.1, 0.15) is 18.1 Å². The summed E-state index contributed by atoms with van der Waals surface area (Å²) in [5.41, 5.74) is -0.313. The van der Waals surface area contributed by atoms with Crippen LogP contribution in [0.5, 0.6) is 0 Å². The third kappa shape index (κ3) is 5.03. The Morgan fingerprint density at radius 1 is 1.12 bits per heavy atom. The van der Waals surface area contributed by atoms with Gasteiger partial charge < -0.3 is 15.7 Å². The molecule has 3 N–H and O–H groups in total. The molecule has 6 heteroatoms. The number of carbonyl (C=O) groups excluding carboxylic acids is 1. The summed E-state index contributed by atoms with van der Waals surface area (Å²) in [5.74, 6) is -1.03. The normalized spacial score (nSPS) is 13.2. The van der Waals surface area contributed by atoms with Crippen molar-refractivity contribution < 1.29 is 18.7 Å². The topological polar surface area (TPSA) is 61.4 Å². The van der Waals surface area contributed by atoms with E-state index in [1.807, 2.05) is 6.07 Å². The molecule has 0 fully saturated rings. The maximum atomic E-state index is 13.5. The van der Waals surface area contributed by atoms with Crippen molar-refractivity contribution in [1.29, 1.82) is 0 Å². The van der Waals surface area contributed by atoms with Crippen LogP contribution in [0.15, 0.2) is 48.5 Å². The van der Waals surface area contributed by atoms with Gasteiger partial charge in [0.2, 0.25) is 0 Å². The Kier molecular flexibility index (Phi) is 5.87. The third-order valence-electron chi connectivity index (χ3n) is 3.68. The molecule has 4 nitrogen and oxygen atoms in total. The van der Waals surface area contributed by atoms with Crippen LogP contribution in [0.3, 0.4) is 0 Å². The molecule has 0 aliphatic heterocycles. The van der Waals surface area contributed by atoms with Crippen LogP contribution in [-0.4, -0.2) is 24.2 Å². The van der Waals surface area contributed by atoms with Crippen LogP contribution in [-0.2, 0) is 12.0 Å². The largest absolute Gasteiger partial charge is 0.384 e. The quantitative estimate of drug-likeness (QED) is 0.761. The van der Waals surface area contributed by atoms with Crippen molar-refractivity contribution in [3.8, 4) is 0 Å². The number of amides is 2. The zero-order valence-corrected chi connectivity index (χ0v) is 13.4. The summed E-state index contributed by atoms with van der Waals surface area (Å²) in [6.07, 6.45) is 0.173. The van der Waals surface area contributed by atoms with Gasteiger partial charge in [0, 0.05) is 6.54 Å². The molecular weight excluding hydrogens is 314 g/mol. The summed E-state index contributed by atoms with van der Waals surface area (Å²) in [6.45, 7) is 1.78. The molecule has 2 aromatic carbocycles. The molecular formula is C18H20F2N2O2. The number of aliphatic hydroxyl groups is 1. The number of nitrogens with one attached hydrogen (secondary N) is 2. The summed E-state index contributed by atoms with van der Waals surface area (Å²) in [5, 5.41) is 15.5. The SMILES string of the molecule is CC(O)(CNC(=O)NCCc1cc(F)ccc1F)c1ccccc1. The molecule has 0 saturated heterocycles. The van der Waals surface area contributed by atoms with Crippen LogP contribution in [0.25, 0.3) is 0 Å². The van der Waals surface area contributed by atoms with Crippen LogP contribution >= 0.6 is 0 Å². The Bertz CT molecular complexity index is 691. The van der Waals surface area contributed by atoms with E-state index in [0.717, 1.165) is 18.2 Å². The van der Waals surface area contributed by atoms with Gasteiger partial charge in [0.05, 0.1) is 6.54 Å². The van der Waals surface area contributed by atoms with E-state index >= 15 is 0 Å². The number of urea groups is 1. The lowest BCUT2D eigenvalue weighted by molar-refractivity contribution is 0.0594. The molecule has 0 saturated carbocycles. The fourth-order valence-corrected chi connectivity index (χ4v) is 2.26. The Morgan fingerprint density at radius 3 is 2.54 bits per heavy atom. The van der Waals surface area contributed by atoms with Crippen molar-refractivity contribution in [2.45, 2.75) is 18.9 Å². The number of halogens is 2. The van der Waals surface area contributed by atoms with E-state index in [-0.39, 0.29) is 25.1 Å². The zero-order chi connectivity index (χ0) is 17.6. The maximum absolute atomic E-state index is 13.5. The average Bonchev–Trinajstić information content (AvgIpc) is 2.57. The molecule has 1 atom stereocenters. The second kappa shape index (κ2) is 7.88. The first-order valence-corrected chi connectivity index (χ1v) is 7.62. The highest BCUT2D eigenvalue weighted by Gasteiger charge is 2.23. The van der Waals surface area contributed by atoms with Gasteiger partial charge in [0.25, 0.3) is 0 Å². The first kappa shape index (κ1) is 17.9. The van der Waals surface area contributed by atoms with Gasteiger partial charge in [-0.3, -0.25) is 0 Å². The minimum Gasteiger partial charge on any atom is -0.384 e. The van der Waals surface area contributed by atoms with Crippen LogP contribution < -0.4 is 10.6 Å². The smallest absolute Gasteiger partial charge is 0.314 e. The molecule has 0 aromatic heterocycles. The highest BCUT2D eigenvalue weighted by atomic mass is 19.1. The van der Waals surface area contributed by atoms with Gasteiger partial charge in [0.1, 0.15) is 17.2 Å². The molecule has 24 heavy (non-hydrogen) atoms. The van der Waals surface area contributed by atoms with E-state index in [9.17, 15) is 18.7 Å². The standard InChI is InChI=1S/C18H20F2N2O2/c1-18(24,14-5-3-2-4-6-14)12-22-17(23)21-10-9-13-11-15(19)7-8-16(13)20/h2-8,11,24H,9-10,12H2,1H3,(H2,21,22,23). The number of hydrogen-bond acceptors (Lipinski definition) is 2. The molecule has 2 rings (SSSR count). The summed E-state index contributed by atoms with van der Waals surface area (Å²) in [4.78, 5) is 11.8. The van der Waals surface area contributed by atoms with Crippen LogP contribution in [0, 0.1) is 11.6 Å². The number of hydrogen-bond donors (Lipinski definition) is 3. The molecule has 0 aliphatic carbocycles. The predicted molar refractivity (Wildman–Crippen MR) is 87.5 cm³/mol. The summed E-state index contributed by atoms with van der Waals surface area (Å²) in [6, 6.07) is 11.7. The highest BCUT2D eigenvalue weighted by Crippen LogP contribution is 2.18. The van der Waals surface area contributed by atoms with Crippen LogP contribution in [0.4, 0.5) is 13.6 Å². The van der Waals surface area contributed by atoms with Crippen molar-refractivity contribution in [2.75, 3.05) is 13.1 Å². The Morgan fingerprint density at radius 2 is 1.83 bits per heavy atom. The lowest BCUT2D eigenvalue weighted by atomic mass is 9.96. The second-order valence-corrected chi connectivity index (χ2v) is 5.74. The summed E-state index contributed by atoms with van der Waals surface area (Å²) in [7, 11) is 0. The predicted octanol–water partition coefficient (Wildman–Crippen LogP) is 2.71. The van der Waals surface area contributed by atoms with Crippen molar-refractivity contribution in [1.82, 2.24) is 10.6 Å². The fraction of sp³-hybridized carbons (Fsp3) is 0.278. The Balaban J connectivity index is 1.78. The first-order valence-electron chi connectivity index (χ1n) is 7.62. The first-order chi connectivity index (χ1) is 11.4. The van der Waals surface area contributed by atoms with Crippen molar-refractivity contribution >= 4 is 6.03 Å². The molecule has 0 bridgehead atoms. The molecule has 0 spiro atoms. The fourth-order valence-electron chi connectivity index (χ4n) is 2.26. The summed E-state index contributed by atoms with van der Waals surface area (Å²) < 4.78 is 26.5. The van der Waals surface area contributed by atoms with E-state index in [4.69, 9.17) is 0 Å². The minimum absolute atomic E-state index is 0.0250. The lowest BCUT2D eigenvalue weighted by Crippen LogP contribution is -2.44. The monoisotopic (exact) mass is 334 g/mol.